The lowest BCUT2D eigenvalue weighted by Crippen LogP contribution is -2.56. The Kier molecular flexibility index (Phi) is 4.60. The molecule has 2 saturated heterocycles. The number of ketones is 1. The van der Waals surface area contributed by atoms with Crippen molar-refractivity contribution in [1.82, 2.24) is 0 Å². The molecule has 0 aromatic heterocycles. The smallest absolute Gasteiger partial charge is 0.246 e. The highest BCUT2D eigenvalue weighted by molar-refractivity contribution is 9.10. The second-order valence-corrected chi connectivity index (χ2v) is 9.68. The van der Waals surface area contributed by atoms with E-state index in [1.54, 1.807) is 28.9 Å². The second kappa shape index (κ2) is 7.14. The van der Waals surface area contributed by atoms with Gasteiger partial charge in [0.25, 0.3) is 0 Å². The third-order valence-electron chi connectivity index (χ3n) is 6.58. The van der Waals surface area contributed by atoms with E-state index >= 15 is 0 Å². The van der Waals surface area contributed by atoms with E-state index in [4.69, 9.17) is 0 Å². The van der Waals surface area contributed by atoms with Crippen LogP contribution in [-0.2, 0) is 9.59 Å². The Morgan fingerprint density at radius 2 is 1.22 bits per heavy atom. The van der Waals surface area contributed by atoms with Gasteiger partial charge in [0.2, 0.25) is 11.8 Å². The Hall–Kier alpha value is -3.25. The summed E-state index contributed by atoms with van der Waals surface area (Å²) >= 11 is 3.70. The summed E-state index contributed by atoms with van der Waals surface area (Å²) in [6, 6.07) is 25.6. The van der Waals surface area contributed by atoms with Gasteiger partial charge in [0.15, 0.2) is 15.5 Å². The fourth-order valence-corrected chi connectivity index (χ4v) is 5.77. The number of anilines is 2. The summed E-state index contributed by atoms with van der Waals surface area (Å²) in [7, 11) is 0. The van der Waals surface area contributed by atoms with Gasteiger partial charge in [-0.3, -0.25) is 24.2 Å². The topological polar surface area (TPSA) is 57.7 Å². The van der Waals surface area contributed by atoms with Gasteiger partial charge >= 0.3 is 0 Å². The van der Waals surface area contributed by atoms with E-state index in [0.29, 0.717) is 16.9 Å². The van der Waals surface area contributed by atoms with Crippen molar-refractivity contribution in [2.75, 3.05) is 9.80 Å². The second-order valence-electron chi connectivity index (χ2n) is 8.43. The molecule has 2 bridgehead atoms. The van der Waals surface area contributed by atoms with E-state index < -0.39 is 15.9 Å². The lowest BCUT2D eigenvalue weighted by Gasteiger charge is -2.38. The van der Waals surface area contributed by atoms with Gasteiger partial charge in [-0.15, -0.1) is 0 Å². The predicted octanol–water partition coefficient (Wildman–Crippen LogP) is 4.74. The standard InChI is InChI=1S/C26H21BrN2O3/c1-17-13-15-18(16-14-17)21(30)26(27)22-28(19-9-5-3-6-10-19)23(31)25(26,2)24(32)29(22)20-11-7-4-8-12-20/h3-16,22H,1-2H3. The predicted molar refractivity (Wildman–Crippen MR) is 127 cm³/mol. The molecule has 0 aliphatic carbocycles. The van der Waals surface area contributed by atoms with Crippen LogP contribution in [0.25, 0.3) is 0 Å². The lowest BCUT2D eigenvalue weighted by molar-refractivity contribution is -0.137. The van der Waals surface area contributed by atoms with Gasteiger partial charge in [0.1, 0.15) is 6.17 Å². The number of hydrogen-bond donors (Lipinski definition) is 0. The summed E-state index contributed by atoms with van der Waals surface area (Å²) in [5.41, 5.74) is 1.15. The van der Waals surface area contributed by atoms with Crippen LogP contribution < -0.4 is 9.80 Å². The van der Waals surface area contributed by atoms with E-state index in [0.717, 1.165) is 5.56 Å². The molecule has 3 aromatic rings. The number of amides is 2. The molecule has 2 heterocycles. The Morgan fingerprint density at radius 3 is 1.66 bits per heavy atom. The van der Waals surface area contributed by atoms with Gasteiger partial charge in [-0.2, -0.15) is 0 Å². The molecule has 2 amide bonds. The average molecular weight is 489 g/mol. The van der Waals surface area contributed by atoms with Crippen LogP contribution >= 0.6 is 15.9 Å². The number of rotatable bonds is 4. The minimum atomic E-state index is -1.61. The number of carbonyl (C=O) groups is 3. The number of hydrogen-bond acceptors (Lipinski definition) is 3. The maximum Gasteiger partial charge on any atom is 0.246 e. The first-order valence-corrected chi connectivity index (χ1v) is 11.2. The minimum Gasteiger partial charge on any atom is -0.292 e. The van der Waals surface area contributed by atoms with Gasteiger partial charge in [0.05, 0.1) is 0 Å². The van der Waals surface area contributed by atoms with Gasteiger partial charge in [0, 0.05) is 16.9 Å². The van der Waals surface area contributed by atoms with Crippen molar-refractivity contribution in [3.63, 3.8) is 0 Å². The molecule has 2 fully saturated rings. The third kappa shape index (κ3) is 2.53. The molecule has 6 heteroatoms. The largest absolute Gasteiger partial charge is 0.292 e. The third-order valence-corrected chi connectivity index (χ3v) is 8.14. The maximum absolute atomic E-state index is 14.0. The highest BCUT2D eigenvalue weighted by Crippen LogP contribution is 2.60. The van der Waals surface area contributed by atoms with Crippen molar-refractivity contribution in [2.45, 2.75) is 24.3 Å². The van der Waals surface area contributed by atoms with Crippen LogP contribution in [0.2, 0.25) is 0 Å². The van der Waals surface area contributed by atoms with Crippen LogP contribution in [0.4, 0.5) is 11.4 Å². The van der Waals surface area contributed by atoms with E-state index in [9.17, 15) is 14.4 Å². The molecule has 5 nitrogen and oxygen atoms in total. The molecule has 3 aromatic carbocycles. The molecule has 1 atom stereocenters. The first-order valence-electron chi connectivity index (χ1n) is 10.4. The number of benzene rings is 3. The molecule has 0 saturated carbocycles. The Bertz CT molecular complexity index is 1170. The summed E-state index contributed by atoms with van der Waals surface area (Å²) in [6.07, 6.45) is -0.855. The number of para-hydroxylation sites is 2. The number of fused-ring (bicyclic) bond motifs is 2. The molecule has 0 N–H and O–H groups in total. The van der Waals surface area contributed by atoms with Gasteiger partial charge < -0.3 is 0 Å². The van der Waals surface area contributed by atoms with Crippen LogP contribution in [-0.4, -0.2) is 28.1 Å². The van der Waals surface area contributed by atoms with Crippen molar-refractivity contribution in [2.24, 2.45) is 5.41 Å². The summed E-state index contributed by atoms with van der Waals surface area (Å²) < 4.78 is -1.46. The Morgan fingerprint density at radius 1 is 0.781 bits per heavy atom. The van der Waals surface area contributed by atoms with Crippen LogP contribution in [0.1, 0.15) is 22.8 Å². The van der Waals surface area contributed by atoms with Crippen molar-refractivity contribution in [3.8, 4) is 0 Å². The van der Waals surface area contributed by atoms with E-state index in [1.807, 2.05) is 79.7 Å². The van der Waals surface area contributed by atoms with Crippen molar-refractivity contribution in [3.05, 3.63) is 96.1 Å². The molecule has 2 aliphatic rings. The highest BCUT2D eigenvalue weighted by Gasteiger charge is 2.80. The summed E-state index contributed by atoms with van der Waals surface area (Å²) in [5.74, 6) is -1.06. The monoisotopic (exact) mass is 488 g/mol. The molecule has 5 rings (SSSR count). The first kappa shape index (κ1) is 20.6. The highest BCUT2D eigenvalue weighted by atomic mass is 79.9. The molecule has 0 spiro atoms. The normalized spacial score (nSPS) is 26.7. The molecule has 0 radical (unpaired) electrons. The Labute approximate surface area is 194 Å². The fourth-order valence-electron chi connectivity index (χ4n) is 4.79. The van der Waals surface area contributed by atoms with E-state index in [2.05, 4.69) is 15.9 Å². The molecule has 32 heavy (non-hydrogen) atoms. The van der Waals surface area contributed by atoms with Crippen LogP contribution in [0.15, 0.2) is 84.9 Å². The fraction of sp³-hybridized carbons (Fsp3) is 0.192. The number of aryl methyl sites for hydroxylation is 1. The average Bonchev–Trinajstić information content (AvgIpc) is 3.11. The molecular formula is C26H21BrN2O3. The van der Waals surface area contributed by atoms with Crippen LogP contribution in [0, 0.1) is 12.3 Å². The molecular weight excluding hydrogens is 468 g/mol. The SMILES string of the molecule is Cc1ccc(C(=O)C2(Br)C3N(c4ccccc4)C(=O)C2(C)C(=O)N3c2ccccc2)cc1. The van der Waals surface area contributed by atoms with Crippen LogP contribution in [0.5, 0.6) is 0 Å². The number of halogens is 1. The Balaban J connectivity index is 1.74. The van der Waals surface area contributed by atoms with Crippen LogP contribution in [0.3, 0.4) is 0 Å². The molecule has 160 valence electrons. The van der Waals surface area contributed by atoms with Gasteiger partial charge in [-0.25, -0.2) is 0 Å². The minimum absolute atomic E-state index is 0.288. The number of carbonyl (C=O) groups excluding carboxylic acids is 3. The zero-order valence-corrected chi connectivity index (χ0v) is 19.2. The summed E-state index contributed by atoms with van der Waals surface area (Å²) in [5, 5.41) is 0. The first-order chi connectivity index (χ1) is 15.3. The van der Waals surface area contributed by atoms with Crippen molar-refractivity contribution in [1.29, 1.82) is 0 Å². The maximum atomic E-state index is 14.0. The van der Waals surface area contributed by atoms with Gasteiger partial charge in [-0.05, 0) is 38.1 Å². The number of Topliss-reactive ketones (excluding diaryl/α,β-unsaturated/α-hetero) is 1. The summed E-state index contributed by atoms with van der Waals surface area (Å²) in [4.78, 5) is 44.7. The van der Waals surface area contributed by atoms with Gasteiger partial charge in [-0.1, -0.05) is 82.2 Å². The summed E-state index contributed by atoms with van der Waals surface area (Å²) in [6.45, 7) is 3.53. The van der Waals surface area contributed by atoms with Crippen molar-refractivity contribution < 1.29 is 14.4 Å². The van der Waals surface area contributed by atoms with Crippen molar-refractivity contribution >= 4 is 44.9 Å². The van der Waals surface area contributed by atoms with E-state index in [-0.39, 0.29) is 17.6 Å². The number of alkyl halides is 1. The lowest BCUT2D eigenvalue weighted by atomic mass is 9.76. The molecule has 1 unspecified atom stereocenters. The number of nitrogens with zero attached hydrogens (tertiary/aromatic N) is 2. The quantitative estimate of drug-likeness (QED) is 0.302. The zero-order chi connectivity index (χ0) is 22.7. The zero-order valence-electron chi connectivity index (χ0n) is 17.7. The molecule has 2 aliphatic heterocycles. The van der Waals surface area contributed by atoms with E-state index in [1.165, 1.54) is 0 Å².